The highest BCUT2D eigenvalue weighted by molar-refractivity contribution is 7.16. The Morgan fingerprint density at radius 1 is 1.37 bits per heavy atom. The third kappa shape index (κ3) is 2.32. The van der Waals surface area contributed by atoms with Gasteiger partial charge >= 0.3 is 0 Å². The number of ether oxygens (including phenoxy) is 1. The minimum absolute atomic E-state index is 0.932. The maximum atomic E-state index is 5.30. The van der Waals surface area contributed by atoms with E-state index in [-0.39, 0.29) is 0 Å². The van der Waals surface area contributed by atoms with Crippen molar-refractivity contribution in [2.24, 2.45) is 0 Å². The van der Waals surface area contributed by atoms with Gasteiger partial charge in [-0.15, -0.1) is 11.3 Å². The average molecular weight is 274 g/mol. The molecule has 0 bridgehead atoms. The number of fused-ring (bicyclic) bond motifs is 3. The lowest BCUT2D eigenvalue weighted by molar-refractivity contribution is 0.414. The fourth-order valence-corrected chi connectivity index (χ4v) is 3.42. The van der Waals surface area contributed by atoms with Crippen molar-refractivity contribution in [3.8, 4) is 17.0 Å². The van der Waals surface area contributed by atoms with E-state index < -0.39 is 0 Å². The Morgan fingerprint density at radius 3 is 3.05 bits per heavy atom. The normalized spacial score (nSPS) is 12.7. The molecule has 0 spiro atoms. The highest BCUT2D eigenvalue weighted by Gasteiger charge is 2.21. The fraction of sp³-hybridized carbons (Fsp3) is 0.400. The molecule has 0 saturated heterocycles. The van der Waals surface area contributed by atoms with E-state index in [0.29, 0.717) is 0 Å². The first-order valence-corrected chi connectivity index (χ1v) is 7.54. The number of rotatable bonds is 4. The lowest BCUT2D eigenvalue weighted by atomic mass is 9.93. The van der Waals surface area contributed by atoms with Crippen LogP contribution in [0.5, 0.6) is 5.75 Å². The SMILES string of the molecule is CCCNc1nc2c(s1)CCc1cc(OC)ccc1-2. The van der Waals surface area contributed by atoms with Gasteiger partial charge in [0.25, 0.3) is 0 Å². The molecule has 0 atom stereocenters. The number of hydrogen-bond acceptors (Lipinski definition) is 4. The molecular formula is C15H18N2OS. The van der Waals surface area contributed by atoms with Crippen LogP contribution in [0.4, 0.5) is 5.13 Å². The Bertz CT molecular complexity index is 592. The van der Waals surface area contributed by atoms with E-state index in [0.717, 1.165) is 42.4 Å². The second-order valence-corrected chi connectivity index (χ2v) is 5.82. The van der Waals surface area contributed by atoms with Crippen LogP contribution in [0.2, 0.25) is 0 Å². The molecule has 1 aliphatic carbocycles. The molecule has 0 aliphatic heterocycles. The molecule has 1 aromatic carbocycles. The molecule has 2 aromatic rings. The van der Waals surface area contributed by atoms with Gasteiger partial charge < -0.3 is 10.1 Å². The van der Waals surface area contributed by atoms with Crippen LogP contribution in [-0.4, -0.2) is 18.6 Å². The average Bonchev–Trinajstić information content (AvgIpc) is 2.87. The van der Waals surface area contributed by atoms with Gasteiger partial charge in [-0.1, -0.05) is 6.92 Å². The minimum atomic E-state index is 0.932. The van der Waals surface area contributed by atoms with Crippen molar-refractivity contribution in [2.45, 2.75) is 26.2 Å². The third-order valence-electron chi connectivity index (χ3n) is 3.41. The van der Waals surface area contributed by atoms with Gasteiger partial charge in [0.2, 0.25) is 0 Å². The maximum Gasteiger partial charge on any atom is 0.183 e. The Kier molecular flexibility index (Phi) is 3.42. The summed E-state index contributed by atoms with van der Waals surface area (Å²) in [5.41, 5.74) is 3.77. The topological polar surface area (TPSA) is 34.2 Å². The quantitative estimate of drug-likeness (QED) is 0.922. The van der Waals surface area contributed by atoms with Crippen LogP contribution in [0.25, 0.3) is 11.3 Å². The molecule has 0 fully saturated rings. The van der Waals surface area contributed by atoms with Gasteiger partial charge in [-0.05, 0) is 43.0 Å². The predicted octanol–water partition coefficient (Wildman–Crippen LogP) is 3.74. The summed E-state index contributed by atoms with van der Waals surface area (Å²) in [5.74, 6) is 0.932. The van der Waals surface area contributed by atoms with Crippen molar-refractivity contribution >= 4 is 16.5 Å². The lowest BCUT2D eigenvalue weighted by Gasteiger charge is -2.15. The van der Waals surface area contributed by atoms with Gasteiger partial charge in [-0.25, -0.2) is 4.98 Å². The van der Waals surface area contributed by atoms with E-state index in [1.165, 1.54) is 16.0 Å². The number of thiazole rings is 1. The summed E-state index contributed by atoms with van der Waals surface area (Å²) in [7, 11) is 1.71. The third-order valence-corrected chi connectivity index (χ3v) is 4.49. The summed E-state index contributed by atoms with van der Waals surface area (Å²) >= 11 is 1.80. The van der Waals surface area contributed by atoms with E-state index in [2.05, 4.69) is 24.4 Å². The zero-order chi connectivity index (χ0) is 13.2. The molecule has 0 amide bonds. The van der Waals surface area contributed by atoms with Crippen LogP contribution >= 0.6 is 11.3 Å². The molecule has 1 aromatic heterocycles. The van der Waals surface area contributed by atoms with Crippen LogP contribution in [-0.2, 0) is 12.8 Å². The first-order chi connectivity index (χ1) is 9.31. The van der Waals surface area contributed by atoms with Crippen LogP contribution in [0.3, 0.4) is 0 Å². The maximum absolute atomic E-state index is 5.30. The standard InChI is InChI=1S/C15H18N2OS/c1-3-8-16-15-17-14-12-6-5-11(18-2)9-10(12)4-7-13(14)19-15/h5-6,9H,3-4,7-8H2,1-2H3,(H,16,17). The molecule has 19 heavy (non-hydrogen) atoms. The van der Waals surface area contributed by atoms with Gasteiger partial charge in [0.15, 0.2) is 5.13 Å². The fourth-order valence-electron chi connectivity index (χ4n) is 2.42. The summed E-state index contributed by atoms with van der Waals surface area (Å²) in [6.07, 6.45) is 3.29. The van der Waals surface area contributed by atoms with Crippen LogP contribution in [0.1, 0.15) is 23.8 Å². The highest BCUT2D eigenvalue weighted by atomic mass is 32.1. The largest absolute Gasteiger partial charge is 0.497 e. The number of hydrogen-bond donors (Lipinski definition) is 1. The van der Waals surface area contributed by atoms with Crippen LogP contribution in [0.15, 0.2) is 18.2 Å². The molecule has 3 nitrogen and oxygen atoms in total. The van der Waals surface area contributed by atoms with Crippen molar-refractivity contribution < 1.29 is 4.74 Å². The summed E-state index contributed by atoms with van der Waals surface area (Å²) in [6.45, 7) is 3.16. The molecule has 1 heterocycles. The second-order valence-electron chi connectivity index (χ2n) is 4.74. The zero-order valence-electron chi connectivity index (χ0n) is 11.3. The number of benzene rings is 1. The monoisotopic (exact) mass is 274 g/mol. The van der Waals surface area contributed by atoms with Crippen molar-refractivity contribution in [1.82, 2.24) is 4.98 Å². The summed E-state index contributed by atoms with van der Waals surface area (Å²) in [4.78, 5) is 6.15. The van der Waals surface area contributed by atoms with E-state index in [9.17, 15) is 0 Å². The zero-order valence-corrected chi connectivity index (χ0v) is 12.1. The molecule has 1 aliphatic rings. The summed E-state index contributed by atoms with van der Waals surface area (Å²) in [5, 5.41) is 4.44. The summed E-state index contributed by atoms with van der Waals surface area (Å²) < 4.78 is 5.30. The number of aryl methyl sites for hydroxylation is 2. The highest BCUT2D eigenvalue weighted by Crippen LogP contribution is 2.39. The Balaban J connectivity index is 1.96. The van der Waals surface area contributed by atoms with Gasteiger partial charge in [0.05, 0.1) is 12.8 Å². The first kappa shape index (κ1) is 12.5. The Hall–Kier alpha value is -1.55. The molecule has 0 unspecified atom stereocenters. The minimum Gasteiger partial charge on any atom is -0.497 e. The molecular weight excluding hydrogens is 256 g/mol. The Labute approximate surface area is 117 Å². The van der Waals surface area contributed by atoms with Gasteiger partial charge in [-0.2, -0.15) is 0 Å². The lowest BCUT2D eigenvalue weighted by Crippen LogP contribution is -2.02. The predicted molar refractivity (Wildman–Crippen MR) is 80.3 cm³/mol. The van der Waals surface area contributed by atoms with E-state index >= 15 is 0 Å². The molecule has 1 N–H and O–H groups in total. The van der Waals surface area contributed by atoms with Gasteiger partial charge in [0.1, 0.15) is 5.75 Å². The van der Waals surface area contributed by atoms with Crippen molar-refractivity contribution in [3.05, 3.63) is 28.6 Å². The van der Waals surface area contributed by atoms with E-state index in [1.807, 2.05) is 6.07 Å². The van der Waals surface area contributed by atoms with Gasteiger partial charge in [0, 0.05) is 17.0 Å². The number of nitrogens with zero attached hydrogens (tertiary/aromatic N) is 1. The second kappa shape index (κ2) is 5.21. The smallest absolute Gasteiger partial charge is 0.183 e. The van der Waals surface area contributed by atoms with Crippen molar-refractivity contribution in [3.63, 3.8) is 0 Å². The first-order valence-electron chi connectivity index (χ1n) is 6.72. The van der Waals surface area contributed by atoms with Crippen LogP contribution < -0.4 is 10.1 Å². The Morgan fingerprint density at radius 2 is 2.26 bits per heavy atom. The van der Waals surface area contributed by atoms with Crippen molar-refractivity contribution in [1.29, 1.82) is 0 Å². The molecule has 4 heteroatoms. The van der Waals surface area contributed by atoms with Gasteiger partial charge in [-0.3, -0.25) is 0 Å². The van der Waals surface area contributed by atoms with E-state index in [1.54, 1.807) is 18.4 Å². The number of aromatic nitrogens is 1. The number of anilines is 1. The number of nitrogens with one attached hydrogen (secondary N) is 1. The van der Waals surface area contributed by atoms with Crippen LogP contribution in [0, 0.1) is 0 Å². The number of methoxy groups -OCH3 is 1. The molecule has 3 rings (SSSR count). The molecule has 100 valence electrons. The molecule has 0 saturated carbocycles. The van der Waals surface area contributed by atoms with Crippen molar-refractivity contribution in [2.75, 3.05) is 19.0 Å². The van der Waals surface area contributed by atoms with E-state index in [4.69, 9.17) is 9.72 Å². The summed E-state index contributed by atoms with van der Waals surface area (Å²) in [6, 6.07) is 6.29. The molecule has 0 radical (unpaired) electrons.